The molecule has 6 heteroatoms. The summed E-state index contributed by atoms with van der Waals surface area (Å²) in [6.07, 6.45) is 1.98. The average molecular weight is 359 g/mol. The molecule has 0 fully saturated rings. The molecule has 2 rings (SSSR count). The lowest BCUT2D eigenvalue weighted by molar-refractivity contribution is 0.396. The molecule has 0 saturated heterocycles. The summed E-state index contributed by atoms with van der Waals surface area (Å²) in [6.45, 7) is 5.15. The number of nitrogens with one attached hydrogen (secondary N) is 1. The fourth-order valence-corrected chi connectivity index (χ4v) is 2.72. The molecule has 4 nitrogen and oxygen atoms in total. The maximum Gasteiger partial charge on any atom is 0.248 e. The fraction of sp³-hybridized carbons (Fsp3) is 0.429. The molecule has 20 heavy (non-hydrogen) atoms. The second-order valence-electron chi connectivity index (χ2n) is 4.48. The van der Waals surface area contributed by atoms with Crippen molar-refractivity contribution in [3.8, 4) is 11.5 Å². The van der Waals surface area contributed by atoms with Crippen LogP contribution in [0.2, 0.25) is 5.02 Å². The number of hydrogen-bond acceptors (Lipinski definition) is 4. The van der Waals surface area contributed by atoms with Gasteiger partial charge in [0.05, 0.1) is 11.6 Å². The van der Waals surface area contributed by atoms with Crippen LogP contribution in [0.25, 0.3) is 11.5 Å². The van der Waals surface area contributed by atoms with Crippen LogP contribution in [0.4, 0.5) is 0 Å². The lowest BCUT2D eigenvalue weighted by Gasteiger charge is -2.11. The predicted octanol–water partition coefficient (Wildman–Crippen LogP) is 4.60. The van der Waals surface area contributed by atoms with E-state index in [0.29, 0.717) is 16.8 Å². The lowest BCUT2D eigenvalue weighted by atomic mass is 10.2. The highest BCUT2D eigenvalue weighted by molar-refractivity contribution is 9.10. The highest BCUT2D eigenvalue weighted by Gasteiger charge is 2.18. The molecule has 1 aromatic heterocycles. The number of nitrogens with zero attached hydrogens (tertiary/aromatic N) is 2. The van der Waals surface area contributed by atoms with Gasteiger partial charge < -0.3 is 9.73 Å². The standard InChI is InChI=1S/C14H17BrClN3O/c1-3-7-17-12(4-2)14-19-18-13(20-14)10-6-5-9(16)8-11(10)15/h5-6,8,12,17H,3-4,7H2,1-2H3. The van der Waals surface area contributed by atoms with Gasteiger partial charge in [-0.2, -0.15) is 0 Å². The normalized spacial score (nSPS) is 12.6. The highest BCUT2D eigenvalue weighted by Crippen LogP contribution is 2.30. The molecule has 1 unspecified atom stereocenters. The summed E-state index contributed by atoms with van der Waals surface area (Å²) in [6, 6.07) is 5.58. The Labute approximate surface area is 132 Å². The quantitative estimate of drug-likeness (QED) is 0.819. The van der Waals surface area contributed by atoms with Gasteiger partial charge in [0.15, 0.2) is 0 Å². The van der Waals surface area contributed by atoms with Crippen molar-refractivity contribution in [2.24, 2.45) is 0 Å². The fourth-order valence-electron chi connectivity index (χ4n) is 1.87. The molecule has 108 valence electrons. The minimum Gasteiger partial charge on any atom is -0.419 e. The van der Waals surface area contributed by atoms with Crippen molar-refractivity contribution in [2.45, 2.75) is 32.7 Å². The highest BCUT2D eigenvalue weighted by atomic mass is 79.9. The second kappa shape index (κ2) is 7.20. The second-order valence-corrected chi connectivity index (χ2v) is 5.78. The molecule has 0 aliphatic rings. The molecular weight excluding hydrogens is 342 g/mol. The van der Waals surface area contributed by atoms with Crippen molar-refractivity contribution in [3.05, 3.63) is 33.6 Å². The van der Waals surface area contributed by atoms with E-state index in [1.54, 1.807) is 6.07 Å². The van der Waals surface area contributed by atoms with E-state index in [-0.39, 0.29) is 6.04 Å². The first-order chi connectivity index (χ1) is 9.65. The van der Waals surface area contributed by atoms with Gasteiger partial charge in [0.1, 0.15) is 0 Å². The minimum absolute atomic E-state index is 0.0993. The van der Waals surface area contributed by atoms with Crippen LogP contribution in [0.15, 0.2) is 27.1 Å². The Morgan fingerprint density at radius 2 is 2.15 bits per heavy atom. The third-order valence-electron chi connectivity index (χ3n) is 2.95. The smallest absolute Gasteiger partial charge is 0.248 e. The molecule has 1 heterocycles. The molecule has 0 amide bonds. The van der Waals surface area contributed by atoms with E-state index in [1.807, 2.05) is 12.1 Å². The number of rotatable bonds is 6. The molecule has 0 aliphatic carbocycles. The van der Waals surface area contributed by atoms with Crippen LogP contribution in [-0.2, 0) is 0 Å². The van der Waals surface area contributed by atoms with E-state index in [4.69, 9.17) is 16.0 Å². The van der Waals surface area contributed by atoms with Gasteiger partial charge in [-0.25, -0.2) is 0 Å². The van der Waals surface area contributed by atoms with Gasteiger partial charge in [-0.1, -0.05) is 25.4 Å². The van der Waals surface area contributed by atoms with Gasteiger partial charge in [-0.3, -0.25) is 0 Å². The van der Waals surface area contributed by atoms with Gasteiger partial charge in [0.25, 0.3) is 0 Å². The zero-order valence-electron chi connectivity index (χ0n) is 11.5. The molecule has 0 radical (unpaired) electrons. The maximum atomic E-state index is 5.93. The molecule has 0 aliphatic heterocycles. The lowest BCUT2D eigenvalue weighted by Crippen LogP contribution is -2.21. The zero-order chi connectivity index (χ0) is 14.5. The Hall–Kier alpha value is -0.910. The van der Waals surface area contributed by atoms with Crippen molar-refractivity contribution in [3.63, 3.8) is 0 Å². The Bertz CT molecular complexity index is 573. The third-order valence-corrected chi connectivity index (χ3v) is 3.84. The number of hydrogen-bond donors (Lipinski definition) is 1. The molecule has 0 saturated carbocycles. The average Bonchev–Trinajstić information content (AvgIpc) is 2.89. The van der Waals surface area contributed by atoms with Crippen LogP contribution in [0.5, 0.6) is 0 Å². The number of benzene rings is 1. The summed E-state index contributed by atoms with van der Waals surface area (Å²) < 4.78 is 6.63. The van der Waals surface area contributed by atoms with Crippen molar-refractivity contribution in [2.75, 3.05) is 6.54 Å². The molecule has 1 N–H and O–H groups in total. The molecular formula is C14H17BrClN3O. The van der Waals surface area contributed by atoms with Crippen LogP contribution in [0.3, 0.4) is 0 Å². The first-order valence-electron chi connectivity index (χ1n) is 6.67. The van der Waals surface area contributed by atoms with Crippen LogP contribution < -0.4 is 5.32 Å². The number of aromatic nitrogens is 2. The summed E-state index contributed by atoms with van der Waals surface area (Å²) in [7, 11) is 0. The van der Waals surface area contributed by atoms with Crippen molar-refractivity contribution in [1.82, 2.24) is 15.5 Å². The van der Waals surface area contributed by atoms with Gasteiger partial charge in [0.2, 0.25) is 11.8 Å². The van der Waals surface area contributed by atoms with E-state index < -0.39 is 0 Å². The zero-order valence-corrected chi connectivity index (χ0v) is 13.8. The SMILES string of the molecule is CCCNC(CC)c1nnc(-c2ccc(Cl)cc2Br)o1. The van der Waals surface area contributed by atoms with Crippen LogP contribution >= 0.6 is 27.5 Å². The largest absolute Gasteiger partial charge is 0.419 e. The Balaban J connectivity index is 2.23. The first-order valence-corrected chi connectivity index (χ1v) is 7.85. The summed E-state index contributed by atoms with van der Waals surface area (Å²) in [5, 5.41) is 12.3. The van der Waals surface area contributed by atoms with Gasteiger partial charge in [-0.15, -0.1) is 10.2 Å². The Kier molecular flexibility index (Phi) is 5.57. The number of halogens is 2. The topological polar surface area (TPSA) is 51.0 Å². The summed E-state index contributed by atoms with van der Waals surface area (Å²) >= 11 is 9.39. The van der Waals surface area contributed by atoms with E-state index in [2.05, 4.69) is 45.3 Å². The molecule has 2 aromatic rings. The molecule has 0 spiro atoms. The monoisotopic (exact) mass is 357 g/mol. The van der Waals surface area contributed by atoms with Crippen molar-refractivity contribution < 1.29 is 4.42 Å². The Morgan fingerprint density at radius 3 is 2.80 bits per heavy atom. The van der Waals surface area contributed by atoms with Crippen LogP contribution in [0, 0.1) is 0 Å². The van der Waals surface area contributed by atoms with Crippen molar-refractivity contribution >= 4 is 27.5 Å². The summed E-state index contributed by atoms with van der Waals surface area (Å²) in [5.74, 6) is 1.12. The van der Waals surface area contributed by atoms with Crippen molar-refractivity contribution in [1.29, 1.82) is 0 Å². The predicted molar refractivity (Wildman–Crippen MR) is 83.8 cm³/mol. The van der Waals surface area contributed by atoms with Crippen LogP contribution in [-0.4, -0.2) is 16.7 Å². The van der Waals surface area contributed by atoms with E-state index in [1.165, 1.54) is 0 Å². The van der Waals surface area contributed by atoms with Gasteiger partial charge in [0, 0.05) is 9.50 Å². The van der Waals surface area contributed by atoms with E-state index >= 15 is 0 Å². The van der Waals surface area contributed by atoms with Gasteiger partial charge >= 0.3 is 0 Å². The first kappa shape index (κ1) is 15.5. The minimum atomic E-state index is 0.0993. The van der Waals surface area contributed by atoms with E-state index in [0.717, 1.165) is 29.4 Å². The molecule has 0 bridgehead atoms. The maximum absolute atomic E-state index is 5.93. The van der Waals surface area contributed by atoms with E-state index in [9.17, 15) is 0 Å². The summed E-state index contributed by atoms with van der Waals surface area (Å²) in [5.41, 5.74) is 0.846. The third kappa shape index (κ3) is 3.59. The van der Waals surface area contributed by atoms with Gasteiger partial charge in [-0.05, 0) is 53.5 Å². The molecule has 1 atom stereocenters. The summed E-state index contributed by atoms with van der Waals surface area (Å²) in [4.78, 5) is 0. The van der Waals surface area contributed by atoms with Crippen LogP contribution in [0.1, 0.15) is 38.6 Å². The Morgan fingerprint density at radius 1 is 1.35 bits per heavy atom. The molecule has 1 aromatic carbocycles.